The normalized spacial score (nSPS) is 40.7. The Kier molecular flexibility index (Phi) is 3.46. The third kappa shape index (κ3) is 2.35. The zero-order valence-electron chi connectivity index (χ0n) is 13.7. The average molecular weight is 304 g/mol. The van der Waals surface area contributed by atoms with Gasteiger partial charge in [0.1, 0.15) is 0 Å². The zero-order chi connectivity index (χ0) is 15.3. The molecule has 1 saturated heterocycles. The first-order chi connectivity index (χ1) is 10.6. The Balaban J connectivity index is 1.49. The Bertz CT molecular complexity index is 465. The number of carbonyl (C=O) groups is 2. The lowest BCUT2D eigenvalue weighted by Gasteiger charge is -2.49. The lowest BCUT2D eigenvalue weighted by molar-refractivity contribution is -0.153. The number of hydrogen-bond donors (Lipinski definition) is 0. The van der Waals surface area contributed by atoms with Gasteiger partial charge in [0, 0.05) is 33.1 Å². The molecule has 0 aromatic carbocycles. The van der Waals surface area contributed by atoms with Crippen molar-refractivity contribution >= 4 is 11.8 Å². The number of carbonyl (C=O) groups excluding carboxylic acids is 2. The lowest BCUT2D eigenvalue weighted by Crippen LogP contribution is -2.56. The molecule has 0 aromatic rings. The summed E-state index contributed by atoms with van der Waals surface area (Å²) >= 11 is 0. The van der Waals surface area contributed by atoms with Gasteiger partial charge in [-0.25, -0.2) is 0 Å². The summed E-state index contributed by atoms with van der Waals surface area (Å²) in [5, 5.41) is 0. The summed E-state index contributed by atoms with van der Waals surface area (Å²) in [5.74, 6) is 2.97. The van der Waals surface area contributed by atoms with E-state index in [2.05, 4.69) is 4.90 Å². The molecule has 1 aliphatic heterocycles. The van der Waals surface area contributed by atoms with E-state index in [4.69, 9.17) is 0 Å². The largest absolute Gasteiger partial charge is 0.339 e. The van der Waals surface area contributed by atoms with Crippen LogP contribution in [-0.4, -0.2) is 47.8 Å². The summed E-state index contributed by atoms with van der Waals surface area (Å²) in [4.78, 5) is 28.7. The minimum atomic E-state index is -0.0363. The average Bonchev–Trinajstić information content (AvgIpc) is 2.72. The van der Waals surface area contributed by atoms with Gasteiger partial charge in [0.25, 0.3) is 0 Å². The maximum absolute atomic E-state index is 13.3. The first-order valence-electron chi connectivity index (χ1n) is 9.11. The predicted octanol–water partition coefficient (Wildman–Crippen LogP) is 2.28. The van der Waals surface area contributed by atoms with E-state index in [9.17, 15) is 9.59 Å². The molecule has 0 spiro atoms. The van der Waals surface area contributed by atoms with Crippen LogP contribution in [0.3, 0.4) is 0 Å². The van der Waals surface area contributed by atoms with Crippen molar-refractivity contribution in [2.45, 2.75) is 51.9 Å². The van der Waals surface area contributed by atoms with Gasteiger partial charge in [-0.05, 0) is 49.9 Å². The molecule has 22 heavy (non-hydrogen) atoms. The summed E-state index contributed by atoms with van der Waals surface area (Å²) < 4.78 is 0. The van der Waals surface area contributed by atoms with Crippen LogP contribution in [-0.2, 0) is 9.59 Å². The summed E-state index contributed by atoms with van der Waals surface area (Å²) in [6, 6.07) is 0. The number of fused-ring (bicyclic) bond motifs is 1. The Hall–Kier alpha value is -1.06. The number of hydrogen-bond acceptors (Lipinski definition) is 2. The highest BCUT2D eigenvalue weighted by molar-refractivity contribution is 5.83. The van der Waals surface area contributed by atoms with Crippen LogP contribution < -0.4 is 0 Å². The van der Waals surface area contributed by atoms with Gasteiger partial charge >= 0.3 is 0 Å². The highest BCUT2D eigenvalue weighted by atomic mass is 16.2. The second kappa shape index (κ2) is 5.24. The maximum atomic E-state index is 13.3. The minimum absolute atomic E-state index is 0.0363. The monoisotopic (exact) mass is 304 g/mol. The van der Waals surface area contributed by atoms with Gasteiger partial charge in [-0.2, -0.15) is 0 Å². The molecule has 5 rings (SSSR count). The zero-order valence-corrected chi connectivity index (χ0v) is 13.7. The molecule has 2 unspecified atom stereocenters. The van der Waals surface area contributed by atoms with Crippen molar-refractivity contribution in [1.29, 1.82) is 0 Å². The molecule has 0 N–H and O–H groups in total. The fourth-order valence-corrected chi connectivity index (χ4v) is 6.01. The van der Waals surface area contributed by atoms with Gasteiger partial charge in [-0.1, -0.05) is 12.8 Å². The minimum Gasteiger partial charge on any atom is -0.339 e. The Morgan fingerprint density at radius 1 is 0.818 bits per heavy atom. The molecule has 2 atom stereocenters. The molecule has 4 aliphatic carbocycles. The third-order valence-corrected chi connectivity index (χ3v) is 6.82. The molecule has 4 heteroatoms. The second-order valence-electron chi connectivity index (χ2n) is 8.34. The van der Waals surface area contributed by atoms with E-state index >= 15 is 0 Å². The van der Waals surface area contributed by atoms with Crippen LogP contribution in [0.5, 0.6) is 0 Å². The van der Waals surface area contributed by atoms with Crippen LogP contribution in [0.2, 0.25) is 0 Å². The molecular formula is C18H28N2O2. The highest BCUT2D eigenvalue weighted by Gasteiger charge is 2.53. The Labute approximate surface area is 133 Å². The van der Waals surface area contributed by atoms with E-state index in [1.165, 1.54) is 25.7 Å². The first-order valence-corrected chi connectivity index (χ1v) is 9.11. The summed E-state index contributed by atoms with van der Waals surface area (Å²) in [7, 11) is 0. The van der Waals surface area contributed by atoms with Crippen LogP contribution in [0, 0.1) is 23.2 Å². The number of rotatable bonds is 1. The van der Waals surface area contributed by atoms with Crippen molar-refractivity contribution in [3.05, 3.63) is 0 Å². The van der Waals surface area contributed by atoms with Crippen LogP contribution in [0.25, 0.3) is 0 Å². The summed E-state index contributed by atoms with van der Waals surface area (Å²) in [6.45, 7) is 4.53. The van der Waals surface area contributed by atoms with Gasteiger partial charge < -0.3 is 9.80 Å². The Morgan fingerprint density at radius 2 is 1.32 bits per heavy atom. The SMILES string of the molecule is CC(=O)N1CCN(C(=O)C23CC4CCC(CC(C4)C2)C3)CC1. The van der Waals surface area contributed by atoms with Gasteiger partial charge in [0.05, 0.1) is 5.41 Å². The fraction of sp³-hybridized carbons (Fsp3) is 0.889. The van der Waals surface area contributed by atoms with Gasteiger partial charge in [-0.15, -0.1) is 0 Å². The molecule has 0 aromatic heterocycles. The Morgan fingerprint density at radius 3 is 1.86 bits per heavy atom. The quantitative estimate of drug-likeness (QED) is 0.746. The van der Waals surface area contributed by atoms with Crippen LogP contribution in [0.1, 0.15) is 51.9 Å². The van der Waals surface area contributed by atoms with Crippen molar-refractivity contribution in [2.24, 2.45) is 23.2 Å². The van der Waals surface area contributed by atoms with E-state index < -0.39 is 0 Å². The third-order valence-electron chi connectivity index (χ3n) is 6.82. The second-order valence-corrected chi connectivity index (χ2v) is 8.34. The topological polar surface area (TPSA) is 40.6 Å². The van der Waals surface area contributed by atoms with E-state index in [0.29, 0.717) is 19.0 Å². The van der Waals surface area contributed by atoms with Gasteiger partial charge in [0.2, 0.25) is 11.8 Å². The number of nitrogens with zero attached hydrogens (tertiary/aromatic N) is 2. The van der Waals surface area contributed by atoms with Crippen LogP contribution in [0.15, 0.2) is 0 Å². The van der Waals surface area contributed by atoms with E-state index in [-0.39, 0.29) is 11.3 Å². The number of piperazine rings is 1. The van der Waals surface area contributed by atoms with Crippen molar-refractivity contribution in [3.63, 3.8) is 0 Å². The lowest BCUT2D eigenvalue weighted by atomic mass is 9.58. The smallest absolute Gasteiger partial charge is 0.228 e. The molecule has 4 nitrogen and oxygen atoms in total. The van der Waals surface area contributed by atoms with E-state index in [0.717, 1.165) is 50.1 Å². The predicted molar refractivity (Wildman–Crippen MR) is 84.1 cm³/mol. The van der Waals surface area contributed by atoms with Crippen LogP contribution >= 0.6 is 0 Å². The maximum Gasteiger partial charge on any atom is 0.228 e. The van der Waals surface area contributed by atoms with E-state index in [1.54, 1.807) is 6.92 Å². The first kappa shape index (κ1) is 14.5. The molecule has 122 valence electrons. The standard InChI is InChI=1S/C18H28N2O2/c1-13(21)19-4-6-20(7-5-19)17(22)18-10-14-2-3-15(11-18)9-16(8-14)12-18/h14-16H,2-12H2,1H3. The highest BCUT2D eigenvalue weighted by Crippen LogP contribution is 2.58. The molecule has 4 bridgehead atoms. The van der Waals surface area contributed by atoms with E-state index in [1.807, 2.05) is 4.90 Å². The summed E-state index contributed by atoms with van der Waals surface area (Å²) in [6.07, 6.45) is 8.90. The molecule has 5 fully saturated rings. The molecule has 4 saturated carbocycles. The molecule has 2 amide bonds. The molecular weight excluding hydrogens is 276 g/mol. The van der Waals surface area contributed by atoms with Crippen molar-refractivity contribution < 1.29 is 9.59 Å². The molecule has 5 aliphatic rings. The summed E-state index contributed by atoms with van der Waals surface area (Å²) in [5.41, 5.74) is -0.0363. The van der Waals surface area contributed by atoms with Crippen molar-refractivity contribution in [1.82, 2.24) is 9.80 Å². The fourth-order valence-electron chi connectivity index (χ4n) is 6.01. The van der Waals surface area contributed by atoms with Crippen molar-refractivity contribution in [3.8, 4) is 0 Å². The molecule has 1 heterocycles. The van der Waals surface area contributed by atoms with Crippen molar-refractivity contribution in [2.75, 3.05) is 26.2 Å². The number of amides is 2. The van der Waals surface area contributed by atoms with Gasteiger partial charge in [0.15, 0.2) is 0 Å². The van der Waals surface area contributed by atoms with Gasteiger partial charge in [-0.3, -0.25) is 9.59 Å². The van der Waals surface area contributed by atoms with Crippen LogP contribution in [0.4, 0.5) is 0 Å². The molecule has 0 radical (unpaired) electrons.